The van der Waals surface area contributed by atoms with Crippen LogP contribution in [0.5, 0.6) is 0 Å². The van der Waals surface area contributed by atoms with Crippen LogP contribution in [-0.2, 0) is 9.59 Å². The van der Waals surface area contributed by atoms with Crippen LogP contribution in [0.2, 0.25) is 0 Å². The maximum atomic E-state index is 13.3. The second kappa shape index (κ2) is 7.84. The van der Waals surface area contributed by atoms with Crippen molar-refractivity contribution >= 4 is 23.6 Å². The number of hydrogen-bond donors (Lipinski definition) is 1. The molecule has 0 aromatic heterocycles. The van der Waals surface area contributed by atoms with Crippen LogP contribution in [0.1, 0.15) is 12.8 Å². The average Bonchev–Trinajstić information content (AvgIpc) is 2.39. The van der Waals surface area contributed by atoms with Crippen LogP contribution in [0.15, 0.2) is 23.1 Å². The van der Waals surface area contributed by atoms with Gasteiger partial charge in [-0.25, -0.2) is 8.78 Å². The van der Waals surface area contributed by atoms with Crippen molar-refractivity contribution in [3.05, 3.63) is 29.8 Å². The van der Waals surface area contributed by atoms with Crippen molar-refractivity contribution in [2.24, 2.45) is 0 Å². The van der Waals surface area contributed by atoms with Crippen LogP contribution < -0.4 is 0 Å². The highest BCUT2D eigenvalue weighted by atomic mass is 32.2. The summed E-state index contributed by atoms with van der Waals surface area (Å²) in [5.41, 5.74) is 0. The van der Waals surface area contributed by atoms with Gasteiger partial charge >= 0.3 is 5.97 Å². The molecule has 20 heavy (non-hydrogen) atoms. The molecule has 0 heterocycles. The van der Waals surface area contributed by atoms with E-state index in [1.54, 1.807) is 0 Å². The second-order valence-electron chi connectivity index (χ2n) is 4.13. The quantitative estimate of drug-likeness (QED) is 0.786. The number of carboxylic acid groups (broad SMARTS) is 1. The van der Waals surface area contributed by atoms with Crippen molar-refractivity contribution in [3.8, 4) is 0 Å². The fourth-order valence-corrected chi connectivity index (χ4v) is 2.31. The predicted molar refractivity (Wildman–Crippen MR) is 71.6 cm³/mol. The monoisotopic (exact) mass is 303 g/mol. The molecule has 1 rings (SSSR count). The maximum Gasteiger partial charge on any atom is 0.305 e. The summed E-state index contributed by atoms with van der Waals surface area (Å²) in [5, 5.41) is 8.51. The summed E-state index contributed by atoms with van der Waals surface area (Å²) in [5.74, 6) is -1.95. The normalized spacial score (nSPS) is 10.3. The van der Waals surface area contributed by atoms with Gasteiger partial charge in [0.25, 0.3) is 0 Å². The first-order valence-corrected chi connectivity index (χ1v) is 6.92. The predicted octanol–water partition coefficient (Wildman–Crippen LogP) is 2.38. The molecule has 7 heteroatoms. The van der Waals surface area contributed by atoms with E-state index in [4.69, 9.17) is 5.11 Å². The number of carbonyl (C=O) groups is 2. The van der Waals surface area contributed by atoms with Crippen LogP contribution in [0.4, 0.5) is 8.78 Å². The molecular weight excluding hydrogens is 288 g/mol. The molecule has 1 aromatic carbocycles. The summed E-state index contributed by atoms with van der Waals surface area (Å²) in [7, 11) is 1.51. The minimum Gasteiger partial charge on any atom is -0.481 e. The molecule has 1 amide bonds. The third-order valence-electron chi connectivity index (χ3n) is 2.55. The Balaban J connectivity index is 2.38. The number of amides is 1. The van der Waals surface area contributed by atoms with Gasteiger partial charge in [-0.05, 0) is 18.2 Å². The van der Waals surface area contributed by atoms with E-state index in [0.717, 1.165) is 30.0 Å². The van der Waals surface area contributed by atoms with Crippen molar-refractivity contribution < 1.29 is 23.5 Å². The zero-order valence-corrected chi connectivity index (χ0v) is 11.8. The Bertz CT molecular complexity index is 497. The topological polar surface area (TPSA) is 57.6 Å². The van der Waals surface area contributed by atoms with E-state index >= 15 is 0 Å². The van der Waals surface area contributed by atoms with Crippen LogP contribution in [0, 0.1) is 11.6 Å². The molecule has 1 N–H and O–H groups in total. The molecule has 1 aromatic rings. The summed E-state index contributed by atoms with van der Waals surface area (Å²) < 4.78 is 26.2. The SMILES string of the molecule is CN(CCC(=O)O)C(=O)CCSc1cc(F)ccc1F. The lowest BCUT2D eigenvalue weighted by Gasteiger charge is -2.15. The largest absolute Gasteiger partial charge is 0.481 e. The Morgan fingerprint density at radius 2 is 2.00 bits per heavy atom. The number of carbonyl (C=O) groups excluding carboxylic acids is 1. The number of benzene rings is 1. The van der Waals surface area contributed by atoms with E-state index in [2.05, 4.69) is 0 Å². The number of thioether (sulfide) groups is 1. The molecule has 0 atom stereocenters. The first-order valence-electron chi connectivity index (χ1n) is 5.93. The van der Waals surface area contributed by atoms with E-state index in [-0.39, 0.29) is 30.2 Å². The Kier molecular flexibility index (Phi) is 6.44. The molecule has 0 saturated carbocycles. The van der Waals surface area contributed by atoms with Gasteiger partial charge < -0.3 is 10.0 Å². The van der Waals surface area contributed by atoms with Gasteiger partial charge in [0, 0.05) is 30.7 Å². The molecule has 0 spiro atoms. The third kappa shape index (κ3) is 5.56. The van der Waals surface area contributed by atoms with Crippen molar-refractivity contribution in [3.63, 3.8) is 0 Å². The first kappa shape index (κ1) is 16.4. The Labute approximate surface area is 119 Å². The standard InChI is InChI=1S/C13H15F2NO3S/c1-16(6-4-13(18)19)12(17)5-7-20-11-8-9(14)2-3-10(11)15/h2-3,8H,4-7H2,1H3,(H,18,19). The summed E-state index contributed by atoms with van der Waals surface area (Å²) in [4.78, 5) is 23.5. The Morgan fingerprint density at radius 3 is 2.65 bits per heavy atom. The summed E-state index contributed by atoms with van der Waals surface area (Å²) in [6.45, 7) is 0.132. The van der Waals surface area contributed by atoms with Gasteiger partial charge in [0.2, 0.25) is 5.91 Å². The molecule has 110 valence electrons. The Morgan fingerprint density at radius 1 is 1.30 bits per heavy atom. The molecule has 0 aliphatic heterocycles. The lowest BCUT2D eigenvalue weighted by molar-refractivity contribution is -0.138. The van der Waals surface area contributed by atoms with Gasteiger partial charge in [0.05, 0.1) is 6.42 Å². The van der Waals surface area contributed by atoms with E-state index in [1.165, 1.54) is 11.9 Å². The van der Waals surface area contributed by atoms with E-state index < -0.39 is 17.6 Å². The minimum absolute atomic E-state index is 0.117. The average molecular weight is 303 g/mol. The molecule has 0 saturated heterocycles. The van der Waals surface area contributed by atoms with E-state index in [9.17, 15) is 18.4 Å². The van der Waals surface area contributed by atoms with Crippen molar-refractivity contribution in [2.75, 3.05) is 19.3 Å². The number of aliphatic carboxylic acids is 1. The highest BCUT2D eigenvalue weighted by Gasteiger charge is 2.11. The van der Waals surface area contributed by atoms with Gasteiger partial charge in [0.15, 0.2) is 0 Å². The zero-order valence-electron chi connectivity index (χ0n) is 10.9. The van der Waals surface area contributed by atoms with Gasteiger partial charge in [-0.3, -0.25) is 9.59 Å². The van der Waals surface area contributed by atoms with Crippen molar-refractivity contribution in [1.82, 2.24) is 4.90 Å². The highest BCUT2D eigenvalue weighted by Crippen LogP contribution is 2.23. The molecule has 0 unspecified atom stereocenters. The smallest absolute Gasteiger partial charge is 0.305 e. The second-order valence-corrected chi connectivity index (χ2v) is 5.27. The summed E-state index contributed by atoms with van der Waals surface area (Å²) in [6, 6.07) is 3.15. The lowest BCUT2D eigenvalue weighted by atomic mass is 10.3. The van der Waals surface area contributed by atoms with Crippen LogP contribution in [0.3, 0.4) is 0 Å². The zero-order chi connectivity index (χ0) is 15.1. The molecule has 4 nitrogen and oxygen atoms in total. The van der Waals surface area contributed by atoms with Gasteiger partial charge in [-0.15, -0.1) is 11.8 Å². The van der Waals surface area contributed by atoms with Crippen molar-refractivity contribution in [2.45, 2.75) is 17.7 Å². The molecule has 0 aliphatic rings. The number of nitrogens with zero attached hydrogens (tertiary/aromatic N) is 1. The van der Waals surface area contributed by atoms with Gasteiger partial charge in [0.1, 0.15) is 11.6 Å². The van der Waals surface area contributed by atoms with Crippen LogP contribution >= 0.6 is 11.8 Å². The summed E-state index contributed by atoms with van der Waals surface area (Å²) in [6.07, 6.45) is 0.0185. The number of halogens is 2. The van der Waals surface area contributed by atoms with Crippen LogP contribution in [-0.4, -0.2) is 41.2 Å². The molecule has 0 fully saturated rings. The molecule has 0 radical (unpaired) electrons. The summed E-state index contributed by atoms with van der Waals surface area (Å²) >= 11 is 1.05. The molecular formula is C13H15F2NO3S. The number of carboxylic acids is 1. The number of hydrogen-bond acceptors (Lipinski definition) is 3. The molecule has 0 aliphatic carbocycles. The fraction of sp³-hybridized carbons (Fsp3) is 0.385. The van der Waals surface area contributed by atoms with Crippen molar-refractivity contribution in [1.29, 1.82) is 0 Å². The lowest BCUT2D eigenvalue weighted by Crippen LogP contribution is -2.29. The third-order valence-corrected chi connectivity index (χ3v) is 3.59. The minimum atomic E-state index is -0.971. The first-order chi connectivity index (χ1) is 9.40. The van der Waals surface area contributed by atoms with Gasteiger partial charge in [-0.1, -0.05) is 0 Å². The highest BCUT2D eigenvalue weighted by molar-refractivity contribution is 7.99. The van der Waals surface area contributed by atoms with Crippen LogP contribution in [0.25, 0.3) is 0 Å². The van der Waals surface area contributed by atoms with E-state index in [1.807, 2.05) is 0 Å². The fourth-order valence-electron chi connectivity index (χ4n) is 1.42. The maximum absolute atomic E-state index is 13.3. The van der Waals surface area contributed by atoms with E-state index in [0.29, 0.717) is 5.75 Å². The van der Waals surface area contributed by atoms with Gasteiger partial charge in [-0.2, -0.15) is 0 Å². The molecule has 0 bridgehead atoms. The number of rotatable bonds is 7. The Hall–Kier alpha value is -1.63.